The summed E-state index contributed by atoms with van der Waals surface area (Å²) >= 11 is 0. The number of benzene rings is 1. The van der Waals surface area contributed by atoms with Gasteiger partial charge in [-0.3, -0.25) is 0 Å². The van der Waals surface area contributed by atoms with Crippen molar-refractivity contribution in [1.82, 2.24) is 9.88 Å². The summed E-state index contributed by atoms with van der Waals surface area (Å²) in [5.41, 5.74) is 5.44. The van der Waals surface area contributed by atoms with E-state index in [4.69, 9.17) is 0 Å². The van der Waals surface area contributed by atoms with Gasteiger partial charge < -0.3 is 9.88 Å². The highest BCUT2D eigenvalue weighted by Gasteiger charge is 1.99. The molecular formula is C16H22N2. The monoisotopic (exact) mass is 242 g/mol. The Morgan fingerprint density at radius 3 is 2.61 bits per heavy atom. The van der Waals surface area contributed by atoms with Crippen LogP contribution in [0.1, 0.15) is 29.2 Å². The molecule has 0 aliphatic rings. The van der Waals surface area contributed by atoms with E-state index >= 15 is 0 Å². The predicted molar refractivity (Wildman–Crippen MR) is 76.8 cm³/mol. The first-order valence-corrected chi connectivity index (χ1v) is 6.60. The van der Waals surface area contributed by atoms with Crippen LogP contribution in [0.2, 0.25) is 0 Å². The van der Waals surface area contributed by atoms with Crippen molar-refractivity contribution in [1.29, 1.82) is 0 Å². The van der Waals surface area contributed by atoms with Crippen molar-refractivity contribution in [3.8, 4) is 0 Å². The summed E-state index contributed by atoms with van der Waals surface area (Å²) < 4.78 is 2.25. The number of rotatable bonds is 5. The van der Waals surface area contributed by atoms with Gasteiger partial charge in [-0.05, 0) is 48.7 Å². The summed E-state index contributed by atoms with van der Waals surface area (Å²) in [6.07, 6.45) is 4.37. The minimum absolute atomic E-state index is 0.952. The van der Waals surface area contributed by atoms with Gasteiger partial charge in [-0.25, -0.2) is 0 Å². The molecule has 0 saturated heterocycles. The van der Waals surface area contributed by atoms with Crippen LogP contribution in [0.15, 0.2) is 36.7 Å². The third kappa shape index (κ3) is 3.23. The molecule has 0 aliphatic heterocycles. The highest BCUT2D eigenvalue weighted by Crippen LogP contribution is 2.12. The molecule has 1 aromatic heterocycles. The number of aromatic nitrogens is 1. The van der Waals surface area contributed by atoms with Crippen LogP contribution in [0, 0.1) is 13.8 Å². The van der Waals surface area contributed by atoms with Gasteiger partial charge in [0, 0.05) is 25.5 Å². The van der Waals surface area contributed by atoms with E-state index in [0.29, 0.717) is 0 Å². The quantitative estimate of drug-likeness (QED) is 0.851. The van der Waals surface area contributed by atoms with Crippen LogP contribution in [-0.2, 0) is 13.1 Å². The third-order valence-electron chi connectivity index (χ3n) is 3.33. The summed E-state index contributed by atoms with van der Waals surface area (Å²) in [5.74, 6) is 0. The summed E-state index contributed by atoms with van der Waals surface area (Å²) in [4.78, 5) is 0. The van der Waals surface area contributed by atoms with Gasteiger partial charge in [0.2, 0.25) is 0 Å². The second-order valence-corrected chi connectivity index (χ2v) is 4.89. The van der Waals surface area contributed by atoms with Crippen LogP contribution in [-0.4, -0.2) is 11.1 Å². The zero-order valence-corrected chi connectivity index (χ0v) is 11.5. The molecule has 96 valence electrons. The van der Waals surface area contributed by atoms with E-state index in [1.165, 1.54) is 22.3 Å². The molecule has 1 N–H and O–H groups in total. The topological polar surface area (TPSA) is 17.0 Å². The lowest BCUT2D eigenvalue weighted by atomic mass is 10.1. The Morgan fingerprint density at radius 2 is 1.89 bits per heavy atom. The van der Waals surface area contributed by atoms with Crippen molar-refractivity contribution < 1.29 is 0 Å². The molecule has 1 heterocycles. The minimum atomic E-state index is 0.952. The van der Waals surface area contributed by atoms with Crippen molar-refractivity contribution >= 4 is 0 Å². The Balaban J connectivity index is 2.04. The van der Waals surface area contributed by atoms with E-state index in [2.05, 4.69) is 67.3 Å². The fraction of sp³-hybridized carbons (Fsp3) is 0.375. The first-order chi connectivity index (χ1) is 8.69. The molecule has 18 heavy (non-hydrogen) atoms. The zero-order chi connectivity index (χ0) is 13.0. The lowest BCUT2D eigenvalue weighted by Gasteiger charge is -2.06. The minimum Gasteiger partial charge on any atom is -0.350 e. The standard InChI is InChI=1S/C16H22N2/c1-4-17-10-16-7-8-18(12-16)11-15-6-5-13(2)14(3)9-15/h5-9,12,17H,4,10-11H2,1-3H3. The molecule has 0 spiro atoms. The van der Waals surface area contributed by atoms with Crippen molar-refractivity contribution in [2.75, 3.05) is 6.54 Å². The third-order valence-corrected chi connectivity index (χ3v) is 3.33. The molecule has 0 amide bonds. The van der Waals surface area contributed by atoms with E-state index in [9.17, 15) is 0 Å². The maximum absolute atomic E-state index is 3.34. The van der Waals surface area contributed by atoms with Gasteiger partial charge in [0.15, 0.2) is 0 Å². The smallest absolute Gasteiger partial charge is 0.0470 e. The number of aryl methyl sites for hydroxylation is 2. The molecule has 2 heteroatoms. The van der Waals surface area contributed by atoms with Crippen LogP contribution in [0.3, 0.4) is 0 Å². The number of nitrogens with one attached hydrogen (secondary N) is 1. The molecule has 0 fully saturated rings. The van der Waals surface area contributed by atoms with Gasteiger partial charge in [-0.2, -0.15) is 0 Å². The Hall–Kier alpha value is -1.54. The SMILES string of the molecule is CCNCc1ccn(Cc2ccc(C)c(C)c2)c1. The molecule has 2 aromatic rings. The van der Waals surface area contributed by atoms with Crippen molar-refractivity contribution in [3.63, 3.8) is 0 Å². The molecule has 1 aromatic carbocycles. The van der Waals surface area contributed by atoms with Crippen LogP contribution in [0.25, 0.3) is 0 Å². The predicted octanol–water partition coefficient (Wildman–Crippen LogP) is 3.26. The van der Waals surface area contributed by atoms with Crippen LogP contribution in [0.4, 0.5) is 0 Å². The zero-order valence-electron chi connectivity index (χ0n) is 11.5. The molecule has 0 atom stereocenters. The lowest BCUT2D eigenvalue weighted by molar-refractivity contribution is 0.721. The molecule has 0 bridgehead atoms. The second kappa shape index (κ2) is 5.87. The normalized spacial score (nSPS) is 10.8. The van der Waals surface area contributed by atoms with Crippen molar-refractivity contribution in [2.45, 2.75) is 33.9 Å². The van der Waals surface area contributed by atoms with E-state index in [0.717, 1.165) is 19.6 Å². The van der Waals surface area contributed by atoms with Crippen LogP contribution < -0.4 is 5.32 Å². The number of hydrogen-bond donors (Lipinski definition) is 1. The molecule has 0 unspecified atom stereocenters. The van der Waals surface area contributed by atoms with Crippen LogP contribution in [0.5, 0.6) is 0 Å². The number of hydrogen-bond acceptors (Lipinski definition) is 1. The van der Waals surface area contributed by atoms with Gasteiger partial charge in [-0.1, -0.05) is 25.1 Å². The Bertz CT molecular complexity index is 512. The largest absolute Gasteiger partial charge is 0.350 e. The van der Waals surface area contributed by atoms with E-state index in [1.54, 1.807) is 0 Å². The van der Waals surface area contributed by atoms with Gasteiger partial charge in [0.1, 0.15) is 0 Å². The average molecular weight is 242 g/mol. The Labute approximate surface area is 110 Å². The summed E-state index contributed by atoms with van der Waals surface area (Å²) in [6.45, 7) is 9.38. The van der Waals surface area contributed by atoms with Crippen molar-refractivity contribution in [2.24, 2.45) is 0 Å². The highest BCUT2D eigenvalue weighted by molar-refractivity contribution is 5.30. The summed E-state index contributed by atoms with van der Waals surface area (Å²) in [7, 11) is 0. The molecule has 0 aliphatic carbocycles. The van der Waals surface area contributed by atoms with Gasteiger partial charge in [-0.15, -0.1) is 0 Å². The molecular weight excluding hydrogens is 220 g/mol. The van der Waals surface area contributed by atoms with E-state index in [1.807, 2.05) is 0 Å². The molecule has 2 rings (SSSR count). The Morgan fingerprint density at radius 1 is 1.06 bits per heavy atom. The van der Waals surface area contributed by atoms with E-state index in [-0.39, 0.29) is 0 Å². The van der Waals surface area contributed by atoms with E-state index < -0.39 is 0 Å². The molecule has 2 nitrogen and oxygen atoms in total. The maximum Gasteiger partial charge on any atom is 0.0470 e. The number of nitrogens with zero attached hydrogens (tertiary/aromatic N) is 1. The Kier molecular flexibility index (Phi) is 4.21. The van der Waals surface area contributed by atoms with Gasteiger partial charge in [0.05, 0.1) is 0 Å². The average Bonchev–Trinajstić information content (AvgIpc) is 2.79. The van der Waals surface area contributed by atoms with Crippen molar-refractivity contribution in [3.05, 3.63) is 58.9 Å². The van der Waals surface area contributed by atoms with Gasteiger partial charge in [0.25, 0.3) is 0 Å². The first kappa shape index (κ1) is 12.9. The lowest BCUT2D eigenvalue weighted by Crippen LogP contribution is -2.11. The summed E-state index contributed by atoms with van der Waals surface area (Å²) in [6, 6.07) is 8.88. The van der Waals surface area contributed by atoms with Gasteiger partial charge >= 0.3 is 0 Å². The summed E-state index contributed by atoms with van der Waals surface area (Å²) in [5, 5.41) is 3.34. The maximum atomic E-state index is 3.34. The first-order valence-electron chi connectivity index (χ1n) is 6.60. The molecule has 0 radical (unpaired) electrons. The highest BCUT2D eigenvalue weighted by atomic mass is 14.9. The molecule has 0 saturated carbocycles. The van der Waals surface area contributed by atoms with Crippen LogP contribution >= 0.6 is 0 Å². The second-order valence-electron chi connectivity index (χ2n) is 4.89. The fourth-order valence-electron chi connectivity index (χ4n) is 2.08. The fourth-order valence-corrected chi connectivity index (χ4v) is 2.08.